The van der Waals surface area contributed by atoms with Crippen LogP contribution in [0.2, 0.25) is 0 Å². The molecule has 0 atom stereocenters. The van der Waals surface area contributed by atoms with E-state index in [2.05, 4.69) is 10.3 Å². The van der Waals surface area contributed by atoms with Crippen LogP contribution in [0.25, 0.3) is 11.1 Å². The summed E-state index contributed by atoms with van der Waals surface area (Å²) in [5.74, 6) is 0.252. The summed E-state index contributed by atoms with van der Waals surface area (Å²) in [5, 5.41) is 2.88. The maximum Gasteiger partial charge on any atom is 0.253 e. The summed E-state index contributed by atoms with van der Waals surface area (Å²) in [6.45, 7) is 0.429. The molecular formula is C20H19FN2O2. The van der Waals surface area contributed by atoms with Crippen molar-refractivity contribution in [3.63, 3.8) is 0 Å². The molecule has 128 valence electrons. The van der Waals surface area contributed by atoms with E-state index in [1.54, 1.807) is 25.6 Å². The molecule has 2 N–H and O–H groups in total. The van der Waals surface area contributed by atoms with Crippen LogP contribution in [0, 0.1) is 5.82 Å². The normalized spacial score (nSPS) is 10.5. The number of rotatable bonds is 6. The van der Waals surface area contributed by atoms with Crippen LogP contribution in [0.1, 0.15) is 15.9 Å². The maximum absolute atomic E-state index is 13.2. The summed E-state index contributed by atoms with van der Waals surface area (Å²) in [5.41, 5.74) is 3.02. The molecule has 1 aromatic heterocycles. The van der Waals surface area contributed by atoms with Gasteiger partial charge in [-0.3, -0.25) is 4.79 Å². The van der Waals surface area contributed by atoms with Crippen molar-refractivity contribution >= 4 is 5.91 Å². The lowest BCUT2D eigenvalue weighted by Gasteiger charge is -2.10. The van der Waals surface area contributed by atoms with E-state index in [1.807, 2.05) is 30.3 Å². The molecule has 4 nitrogen and oxygen atoms in total. The Morgan fingerprint density at radius 3 is 2.76 bits per heavy atom. The van der Waals surface area contributed by atoms with Crippen LogP contribution >= 0.6 is 0 Å². The lowest BCUT2D eigenvalue weighted by molar-refractivity contribution is 0.0955. The number of carbonyl (C=O) groups is 1. The number of aromatic nitrogens is 1. The monoisotopic (exact) mass is 338 g/mol. The third-order valence-electron chi connectivity index (χ3n) is 3.98. The lowest BCUT2D eigenvalue weighted by atomic mass is 10.0. The van der Waals surface area contributed by atoms with Gasteiger partial charge in [0.15, 0.2) is 0 Å². The molecule has 0 aliphatic rings. The second kappa shape index (κ2) is 7.66. The van der Waals surface area contributed by atoms with E-state index < -0.39 is 0 Å². The van der Waals surface area contributed by atoms with Crippen molar-refractivity contribution in [3.8, 4) is 16.9 Å². The summed E-state index contributed by atoms with van der Waals surface area (Å²) in [6.07, 6.45) is 4.01. The Bertz CT molecular complexity index is 873. The number of hydrogen-bond donors (Lipinski definition) is 2. The number of nitrogens with one attached hydrogen (secondary N) is 2. The SMILES string of the molecule is COc1ccccc1-c1c[nH]cc1C(=O)NCCc1cccc(F)c1. The quantitative estimate of drug-likeness (QED) is 0.718. The van der Waals surface area contributed by atoms with Crippen molar-refractivity contribution in [2.75, 3.05) is 13.7 Å². The fourth-order valence-electron chi connectivity index (χ4n) is 2.75. The fraction of sp³-hybridized carbons (Fsp3) is 0.150. The predicted octanol–water partition coefficient (Wildman–Crippen LogP) is 3.80. The van der Waals surface area contributed by atoms with E-state index in [0.29, 0.717) is 24.3 Å². The largest absolute Gasteiger partial charge is 0.496 e. The Morgan fingerprint density at radius 2 is 1.96 bits per heavy atom. The minimum atomic E-state index is -0.270. The molecule has 3 rings (SSSR count). The van der Waals surface area contributed by atoms with E-state index in [9.17, 15) is 9.18 Å². The van der Waals surface area contributed by atoms with E-state index in [-0.39, 0.29) is 11.7 Å². The molecule has 0 saturated carbocycles. The highest BCUT2D eigenvalue weighted by Crippen LogP contribution is 2.31. The van der Waals surface area contributed by atoms with Crippen molar-refractivity contribution in [2.24, 2.45) is 0 Å². The first-order chi connectivity index (χ1) is 12.2. The summed E-state index contributed by atoms with van der Waals surface area (Å²) in [4.78, 5) is 15.5. The number of halogens is 1. The molecule has 25 heavy (non-hydrogen) atoms. The van der Waals surface area contributed by atoms with Crippen LogP contribution in [-0.4, -0.2) is 24.5 Å². The Hall–Kier alpha value is -3.08. The predicted molar refractivity (Wildman–Crippen MR) is 95.2 cm³/mol. The van der Waals surface area contributed by atoms with Gasteiger partial charge in [-0.05, 0) is 30.2 Å². The molecule has 0 saturated heterocycles. The zero-order valence-corrected chi connectivity index (χ0v) is 13.9. The molecule has 1 heterocycles. The third-order valence-corrected chi connectivity index (χ3v) is 3.98. The van der Waals surface area contributed by atoms with Gasteiger partial charge in [-0.15, -0.1) is 0 Å². The van der Waals surface area contributed by atoms with Gasteiger partial charge in [0.2, 0.25) is 0 Å². The third kappa shape index (κ3) is 3.88. The van der Waals surface area contributed by atoms with Gasteiger partial charge >= 0.3 is 0 Å². The Kier molecular flexibility index (Phi) is 5.14. The van der Waals surface area contributed by atoms with E-state index in [0.717, 1.165) is 16.7 Å². The first-order valence-electron chi connectivity index (χ1n) is 8.02. The molecular weight excluding hydrogens is 319 g/mol. The van der Waals surface area contributed by atoms with Gasteiger partial charge in [-0.1, -0.05) is 30.3 Å². The lowest BCUT2D eigenvalue weighted by Crippen LogP contribution is -2.25. The molecule has 0 aliphatic carbocycles. The fourth-order valence-corrected chi connectivity index (χ4v) is 2.75. The van der Waals surface area contributed by atoms with Crippen LogP contribution in [0.3, 0.4) is 0 Å². The molecule has 5 heteroatoms. The van der Waals surface area contributed by atoms with Crippen molar-refractivity contribution in [1.29, 1.82) is 0 Å². The van der Waals surface area contributed by atoms with Gasteiger partial charge in [0, 0.05) is 30.1 Å². The zero-order valence-electron chi connectivity index (χ0n) is 13.9. The number of para-hydroxylation sites is 1. The number of ether oxygens (including phenoxy) is 1. The van der Waals surface area contributed by atoms with Gasteiger partial charge in [-0.25, -0.2) is 4.39 Å². The van der Waals surface area contributed by atoms with Gasteiger partial charge in [0.25, 0.3) is 5.91 Å². The second-order valence-corrected chi connectivity index (χ2v) is 5.62. The molecule has 0 unspecified atom stereocenters. The van der Waals surface area contributed by atoms with Crippen LogP contribution in [0.15, 0.2) is 60.9 Å². The molecule has 0 radical (unpaired) electrons. The average Bonchev–Trinajstić information content (AvgIpc) is 3.11. The number of benzene rings is 2. The van der Waals surface area contributed by atoms with Crippen LogP contribution < -0.4 is 10.1 Å². The van der Waals surface area contributed by atoms with E-state index in [1.165, 1.54) is 12.1 Å². The topological polar surface area (TPSA) is 54.1 Å². The molecule has 3 aromatic rings. The maximum atomic E-state index is 13.2. The smallest absolute Gasteiger partial charge is 0.253 e. The van der Waals surface area contributed by atoms with Crippen molar-refractivity contribution in [1.82, 2.24) is 10.3 Å². The van der Waals surface area contributed by atoms with Gasteiger partial charge in [-0.2, -0.15) is 0 Å². The molecule has 0 spiro atoms. The van der Waals surface area contributed by atoms with E-state index in [4.69, 9.17) is 4.74 Å². The Balaban J connectivity index is 1.70. The zero-order chi connectivity index (χ0) is 17.6. The highest BCUT2D eigenvalue weighted by atomic mass is 19.1. The second-order valence-electron chi connectivity index (χ2n) is 5.62. The summed E-state index contributed by atoms with van der Waals surface area (Å²) >= 11 is 0. The highest BCUT2D eigenvalue weighted by Gasteiger charge is 2.16. The van der Waals surface area contributed by atoms with Crippen LogP contribution in [0.4, 0.5) is 4.39 Å². The Morgan fingerprint density at radius 1 is 1.12 bits per heavy atom. The minimum absolute atomic E-state index is 0.182. The average molecular weight is 338 g/mol. The molecule has 0 bridgehead atoms. The molecule has 0 fully saturated rings. The first-order valence-corrected chi connectivity index (χ1v) is 8.02. The molecule has 1 amide bonds. The van der Waals surface area contributed by atoms with Crippen molar-refractivity contribution < 1.29 is 13.9 Å². The standard InChI is InChI=1S/C20H19FN2O2/c1-25-19-8-3-2-7-16(19)17-12-22-13-18(17)20(24)23-10-9-14-5-4-6-15(21)11-14/h2-8,11-13,22H,9-10H2,1H3,(H,23,24). The Labute approximate surface area is 145 Å². The van der Waals surface area contributed by atoms with Gasteiger partial charge < -0.3 is 15.0 Å². The van der Waals surface area contributed by atoms with E-state index >= 15 is 0 Å². The number of hydrogen-bond acceptors (Lipinski definition) is 2. The number of aromatic amines is 1. The number of H-pyrrole nitrogens is 1. The number of amides is 1. The number of carbonyl (C=O) groups excluding carboxylic acids is 1. The summed E-state index contributed by atoms with van der Waals surface area (Å²) in [6, 6.07) is 13.9. The van der Waals surface area contributed by atoms with Crippen molar-refractivity contribution in [3.05, 3.63) is 77.9 Å². The summed E-state index contributed by atoms with van der Waals surface area (Å²) in [7, 11) is 1.60. The molecule has 2 aromatic carbocycles. The van der Waals surface area contributed by atoms with Gasteiger partial charge in [0.1, 0.15) is 11.6 Å². The van der Waals surface area contributed by atoms with Crippen LogP contribution in [-0.2, 0) is 6.42 Å². The van der Waals surface area contributed by atoms with Crippen LogP contribution in [0.5, 0.6) is 5.75 Å². The minimum Gasteiger partial charge on any atom is -0.496 e. The summed E-state index contributed by atoms with van der Waals surface area (Å²) < 4.78 is 18.6. The number of methoxy groups -OCH3 is 1. The molecule has 0 aliphatic heterocycles. The highest BCUT2D eigenvalue weighted by molar-refractivity contribution is 6.01. The van der Waals surface area contributed by atoms with Gasteiger partial charge in [0.05, 0.1) is 12.7 Å². The first kappa shape index (κ1) is 16.8. The van der Waals surface area contributed by atoms with Crippen molar-refractivity contribution in [2.45, 2.75) is 6.42 Å².